The monoisotopic (exact) mass is 340 g/mol. The fourth-order valence-electron chi connectivity index (χ4n) is 4.84. The zero-order valence-electron chi connectivity index (χ0n) is 14.5. The molecule has 130 valence electrons. The lowest BCUT2D eigenvalue weighted by atomic mass is 9.63. The van der Waals surface area contributed by atoms with E-state index in [1.807, 2.05) is 19.2 Å². The molecule has 0 aromatic heterocycles. The van der Waals surface area contributed by atoms with Crippen LogP contribution < -0.4 is 9.47 Å². The van der Waals surface area contributed by atoms with E-state index in [4.69, 9.17) is 9.47 Å². The highest BCUT2D eigenvalue weighted by atomic mass is 16.5. The normalized spacial score (nSPS) is 35.8. The van der Waals surface area contributed by atoms with Crippen LogP contribution in [0.25, 0.3) is 0 Å². The predicted molar refractivity (Wildman–Crippen MR) is 90.1 cm³/mol. The number of ether oxygens (including phenoxy) is 2. The number of hydrogen-bond acceptors (Lipinski definition) is 5. The van der Waals surface area contributed by atoms with Crippen LogP contribution in [0.15, 0.2) is 12.1 Å². The molecule has 1 aliphatic carbocycles. The van der Waals surface area contributed by atoms with Gasteiger partial charge < -0.3 is 19.0 Å². The number of ketones is 1. The van der Waals surface area contributed by atoms with E-state index in [-0.39, 0.29) is 18.3 Å². The minimum absolute atomic E-state index is 0.0292. The molecule has 4 atom stereocenters. The van der Waals surface area contributed by atoms with Crippen LogP contribution in [0.3, 0.4) is 0 Å². The van der Waals surface area contributed by atoms with E-state index in [2.05, 4.69) is 5.97 Å². The van der Waals surface area contributed by atoms with Crippen molar-refractivity contribution in [3.05, 3.63) is 23.3 Å². The van der Waals surface area contributed by atoms with E-state index in [9.17, 15) is 15.2 Å². The van der Waals surface area contributed by atoms with E-state index < -0.39 is 11.5 Å². The predicted octanol–water partition coefficient (Wildman–Crippen LogP) is 0.868. The van der Waals surface area contributed by atoms with Gasteiger partial charge in [-0.25, -0.2) is 5.26 Å². The van der Waals surface area contributed by atoms with Gasteiger partial charge in [-0.05, 0) is 12.1 Å². The second-order valence-electron chi connectivity index (χ2n) is 7.61. The number of rotatable bonds is 2. The second kappa shape index (κ2) is 5.48. The number of carbonyl (C=O) groups is 1. The third kappa shape index (κ3) is 2.21. The van der Waals surface area contributed by atoms with Crippen LogP contribution in [-0.2, 0) is 16.8 Å². The first-order valence-electron chi connectivity index (χ1n) is 8.58. The summed E-state index contributed by atoms with van der Waals surface area (Å²) in [6.07, 6.45) is -0.0304. The Bertz CT molecular complexity index is 792. The Hall–Kier alpha value is -2.04. The summed E-state index contributed by atoms with van der Waals surface area (Å²) in [5, 5.41) is 20.2. The number of nitriles is 1. The summed E-state index contributed by atoms with van der Waals surface area (Å²) in [6, 6.07) is 3.87. The van der Waals surface area contributed by atoms with Crippen molar-refractivity contribution in [2.45, 2.75) is 43.4 Å². The molecule has 2 radical (unpaired) electrons. The molecule has 25 heavy (non-hydrogen) atoms. The molecule has 1 fully saturated rings. The fourth-order valence-corrected chi connectivity index (χ4v) is 4.84. The van der Waals surface area contributed by atoms with Crippen molar-refractivity contribution in [2.24, 2.45) is 0 Å². The first-order valence-corrected chi connectivity index (χ1v) is 8.58. The molecule has 2 aliphatic heterocycles. The second-order valence-corrected chi connectivity index (χ2v) is 7.61. The largest absolute Gasteiger partial charge is 0.546 e. The van der Waals surface area contributed by atoms with Gasteiger partial charge in [0, 0.05) is 44.0 Å². The van der Waals surface area contributed by atoms with Crippen LogP contribution >= 0.6 is 0 Å². The lowest BCUT2D eigenvalue weighted by molar-refractivity contribution is -0.813. The molecular weight excluding hydrogens is 319 g/mol. The van der Waals surface area contributed by atoms with Crippen molar-refractivity contribution in [2.75, 3.05) is 20.7 Å². The van der Waals surface area contributed by atoms with Crippen molar-refractivity contribution in [3.8, 4) is 17.5 Å². The molecule has 1 N–H and O–H groups in total. The smallest absolute Gasteiger partial charge is 0.166 e. The van der Waals surface area contributed by atoms with Gasteiger partial charge in [0.05, 0.1) is 25.2 Å². The van der Waals surface area contributed by atoms with Gasteiger partial charge >= 0.3 is 0 Å². The first kappa shape index (κ1) is 16.4. The third-order valence-corrected chi connectivity index (χ3v) is 6.09. The highest BCUT2D eigenvalue weighted by molar-refractivity contribution is 6.36. The van der Waals surface area contributed by atoms with Crippen molar-refractivity contribution in [1.29, 1.82) is 5.26 Å². The van der Waals surface area contributed by atoms with Gasteiger partial charge in [-0.2, -0.15) is 0 Å². The Morgan fingerprint density at radius 3 is 3.00 bits per heavy atom. The number of nitrogens with zero attached hydrogens (tertiary/aromatic N) is 2. The minimum atomic E-state index is -0.778. The van der Waals surface area contributed by atoms with E-state index in [0.717, 1.165) is 11.1 Å². The number of carbonyl (C=O) groups excluding carboxylic acids is 1. The molecule has 4 rings (SSSR count). The Morgan fingerprint density at radius 2 is 2.28 bits per heavy atom. The molecule has 2 heterocycles. The Labute approximate surface area is 147 Å². The zero-order valence-corrected chi connectivity index (χ0v) is 14.5. The summed E-state index contributed by atoms with van der Waals surface area (Å²) in [4.78, 5) is 12.1. The maximum Gasteiger partial charge on any atom is 0.166 e. The number of aliphatic hydroxyl groups is 1. The molecule has 0 bridgehead atoms. The number of aliphatic hydroxyl groups excluding tert-OH is 1. The van der Waals surface area contributed by atoms with Crippen LogP contribution in [-0.4, -0.2) is 55.6 Å². The van der Waals surface area contributed by atoms with Gasteiger partial charge in [0.25, 0.3) is 0 Å². The quantitative estimate of drug-likeness (QED) is 0.808. The molecule has 1 saturated carbocycles. The van der Waals surface area contributed by atoms with Gasteiger partial charge in [0.2, 0.25) is 0 Å². The highest BCUT2D eigenvalue weighted by Gasteiger charge is 2.60. The fraction of sp³-hybridized carbons (Fsp3) is 0.556. The van der Waals surface area contributed by atoms with E-state index in [1.165, 1.54) is 0 Å². The van der Waals surface area contributed by atoms with E-state index >= 15 is 0 Å². The van der Waals surface area contributed by atoms with Crippen LogP contribution in [0, 0.1) is 11.2 Å². The number of quaternary nitrogens is 1. The zero-order chi connectivity index (χ0) is 17.8. The molecule has 1 spiro atoms. The van der Waals surface area contributed by atoms with E-state index in [1.54, 1.807) is 14.5 Å². The van der Waals surface area contributed by atoms with Crippen molar-refractivity contribution < 1.29 is 23.8 Å². The minimum Gasteiger partial charge on any atom is -0.546 e. The number of benzene rings is 1. The van der Waals surface area contributed by atoms with Gasteiger partial charge in [0.1, 0.15) is 19.3 Å². The maximum atomic E-state index is 12.1. The Morgan fingerprint density at radius 1 is 1.48 bits per heavy atom. The van der Waals surface area contributed by atoms with Gasteiger partial charge in [0.15, 0.2) is 11.5 Å². The molecule has 1 aromatic rings. The first-order chi connectivity index (χ1) is 11.9. The van der Waals surface area contributed by atoms with Crippen LogP contribution in [0.5, 0.6) is 11.5 Å². The summed E-state index contributed by atoms with van der Waals surface area (Å²) in [6.45, 7) is 1.35. The molecule has 0 amide bonds. The van der Waals surface area contributed by atoms with Crippen LogP contribution in [0.4, 0.5) is 0 Å². The number of hydrogen-bond donors (Lipinski definition) is 1. The summed E-state index contributed by atoms with van der Waals surface area (Å²) in [5.74, 6) is 3.49. The third-order valence-electron chi connectivity index (χ3n) is 6.09. The number of Topliss-reactive ketones (excluding diaryl/α,β-unsaturated/α-hetero) is 1. The molecule has 3 aliphatic rings. The van der Waals surface area contributed by atoms with Crippen molar-refractivity contribution >= 4 is 13.2 Å². The standard InChI is InChI=1S/C18H21BN2O4/c1-21(19-10-20)6-5-18-14(23)7-12(22)8-15(18)25-17-13(24-2)4-3-11(9-21)16(17)18/h3-4,14-15,23H,5-9H2,1-2H3/t14-,15-,18+,21+/m1/s1. The average molecular weight is 340 g/mol. The molecule has 7 heteroatoms. The SMILES string of the molecule is COc1ccc2c3c1O[C@@H]1CC(=O)C[C@@H](O)[C@]31CC[N@+](C)([B-]C#N)C2. The Balaban J connectivity index is 1.93. The van der Waals surface area contributed by atoms with Crippen LogP contribution in [0.2, 0.25) is 0 Å². The summed E-state index contributed by atoms with van der Waals surface area (Å²) >= 11 is 0. The Kier molecular flexibility index (Phi) is 3.60. The van der Waals surface area contributed by atoms with Gasteiger partial charge in [-0.1, -0.05) is 0 Å². The van der Waals surface area contributed by atoms with Gasteiger partial charge in [-0.3, -0.25) is 4.79 Å². The molecular formula is C18H21BN2O4. The highest BCUT2D eigenvalue weighted by Crippen LogP contribution is 2.57. The topological polar surface area (TPSA) is 79.6 Å². The lowest BCUT2D eigenvalue weighted by Crippen LogP contribution is -2.55. The average Bonchev–Trinajstić information content (AvgIpc) is 2.82. The van der Waals surface area contributed by atoms with Crippen molar-refractivity contribution in [1.82, 2.24) is 0 Å². The summed E-state index contributed by atoms with van der Waals surface area (Å²) in [7, 11) is 5.26. The lowest BCUT2D eigenvalue weighted by Gasteiger charge is -2.46. The summed E-state index contributed by atoms with van der Waals surface area (Å²) < 4.78 is 12.1. The van der Waals surface area contributed by atoms with Crippen LogP contribution in [0.1, 0.15) is 30.4 Å². The van der Waals surface area contributed by atoms with Crippen molar-refractivity contribution in [3.63, 3.8) is 0 Å². The molecule has 6 nitrogen and oxygen atoms in total. The molecule has 1 aromatic carbocycles. The molecule has 0 unspecified atom stereocenters. The number of methoxy groups -OCH3 is 1. The molecule has 0 saturated heterocycles. The maximum absolute atomic E-state index is 12.1. The summed E-state index contributed by atoms with van der Waals surface area (Å²) in [5.41, 5.74) is 1.43. The van der Waals surface area contributed by atoms with E-state index in [0.29, 0.717) is 41.8 Å². The van der Waals surface area contributed by atoms with Gasteiger partial charge in [-0.15, -0.1) is 5.97 Å².